The predicted molar refractivity (Wildman–Crippen MR) is 70.1 cm³/mol. The molecule has 2 rings (SSSR count). The molecule has 0 aromatic carbocycles. The summed E-state index contributed by atoms with van der Waals surface area (Å²) in [7, 11) is 0. The van der Waals surface area contributed by atoms with Gasteiger partial charge in [-0.15, -0.1) is 0 Å². The van der Waals surface area contributed by atoms with Gasteiger partial charge in [-0.05, 0) is 31.7 Å². The van der Waals surface area contributed by atoms with Gasteiger partial charge < -0.3 is 10.0 Å². The van der Waals surface area contributed by atoms with Crippen LogP contribution in [0.15, 0.2) is 18.5 Å². The molecule has 5 nitrogen and oxygen atoms in total. The van der Waals surface area contributed by atoms with Crippen molar-refractivity contribution in [3.63, 3.8) is 0 Å². The Hall–Kier alpha value is -1.91. The Kier molecular flexibility index (Phi) is 4.14. The molecule has 0 unspecified atom stereocenters. The summed E-state index contributed by atoms with van der Waals surface area (Å²) in [4.78, 5) is 29.0. The van der Waals surface area contributed by atoms with Crippen molar-refractivity contribution >= 4 is 11.9 Å². The topological polar surface area (TPSA) is 70.5 Å². The van der Waals surface area contributed by atoms with Crippen LogP contribution >= 0.6 is 0 Å². The second-order valence-corrected chi connectivity index (χ2v) is 4.87. The molecule has 1 fully saturated rings. The van der Waals surface area contributed by atoms with Gasteiger partial charge in [0.2, 0.25) is 0 Å². The van der Waals surface area contributed by atoms with Crippen molar-refractivity contribution in [2.45, 2.75) is 26.2 Å². The van der Waals surface area contributed by atoms with Gasteiger partial charge in [-0.25, -0.2) is 4.79 Å². The third kappa shape index (κ3) is 2.92. The van der Waals surface area contributed by atoms with Crippen LogP contribution in [0, 0.1) is 5.92 Å². The van der Waals surface area contributed by atoms with Crippen LogP contribution in [0.5, 0.6) is 0 Å². The Morgan fingerprint density at radius 3 is 2.68 bits per heavy atom. The molecule has 0 atom stereocenters. The highest BCUT2D eigenvalue weighted by Crippen LogP contribution is 2.27. The molecule has 1 aromatic heterocycles. The average Bonchev–Trinajstić information content (AvgIpc) is 2.37. The molecule has 0 saturated heterocycles. The molecule has 19 heavy (non-hydrogen) atoms. The first-order chi connectivity index (χ1) is 9.13. The minimum absolute atomic E-state index is 0.0282. The van der Waals surface area contributed by atoms with Crippen molar-refractivity contribution in [3.8, 4) is 0 Å². The van der Waals surface area contributed by atoms with E-state index < -0.39 is 5.97 Å². The Morgan fingerprint density at radius 2 is 2.16 bits per heavy atom. The standard InChI is InChI=1S/C14H18N2O3/c1-2-16(9-10-4-3-5-10)13(17)11-6-7-15-8-12(11)14(18)19/h6-8,10H,2-5,9H2,1H3,(H,18,19). The number of hydrogen-bond donors (Lipinski definition) is 1. The lowest BCUT2D eigenvalue weighted by atomic mass is 9.85. The number of aromatic nitrogens is 1. The van der Waals surface area contributed by atoms with Gasteiger partial charge in [0.05, 0.1) is 11.1 Å². The van der Waals surface area contributed by atoms with Crippen LogP contribution in [0.4, 0.5) is 0 Å². The van der Waals surface area contributed by atoms with Crippen molar-refractivity contribution in [2.75, 3.05) is 13.1 Å². The highest BCUT2D eigenvalue weighted by molar-refractivity contribution is 6.04. The number of nitrogens with zero attached hydrogens (tertiary/aromatic N) is 2. The number of carboxylic acid groups (broad SMARTS) is 1. The van der Waals surface area contributed by atoms with Crippen molar-refractivity contribution < 1.29 is 14.7 Å². The molecule has 1 aliphatic rings. The molecule has 1 heterocycles. The number of hydrogen-bond acceptors (Lipinski definition) is 3. The van der Waals surface area contributed by atoms with E-state index in [0.29, 0.717) is 12.5 Å². The Balaban J connectivity index is 2.18. The van der Waals surface area contributed by atoms with E-state index >= 15 is 0 Å². The second-order valence-electron chi connectivity index (χ2n) is 4.87. The van der Waals surface area contributed by atoms with Crippen LogP contribution in [0.25, 0.3) is 0 Å². The minimum atomic E-state index is -1.11. The first kappa shape index (κ1) is 13.5. The SMILES string of the molecule is CCN(CC1CCC1)C(=O)c1ccncc1C(=O)O. The van der Waals surface area contributed by atoms with E-state index in [-0.39, 0.29) is 17.0 Å². The minimum Gasteiger partial charge on any atom is -0.478 e. The molecule has 1 aliphatic carbocycles. The summed E-state index contributed by atoms with van der Waals surface area (Å²) in [6.07, 6.45) is 6.23. The number of amides is 1. The first-order valence-corrected chi connectivity index (χ1v) is 6.60. The van der Waals surface area contributed by atoms with Gasteiger partial charge in [-0.3, -0.25) is 9.78 Å². The molecule has 1 saturated carbocycles. The Bertz CT molecular complexity index is 483. The first-order valence-electron chi connectivity index (χ1n) is 6.60. The lowest BCUT2D eigenvalue weighted by Crippen LogP contribution is -2.37. The summed E-state index contributed by atoms with van der Waals surface area (Å²) in [6, 6.07) is 1.48. The number of aromatic carboxylic acids is 1. The molecule has 102 valence electrons. The number of pyridine rings is 1. The molecule has 0 spiro atoms. The fourth-order valence-electron chi connectivity index (χ4n) is 2.26. The van der Waals surface area contributed by atoms with Crippen molar-refractivity contribution in [1.29, 1.82) is 0 Å². The number of carboxylic acids is 1. The maximum atomic E-state index is 12.4. The molecular formula is C14H18N2O3. The van der Waals surface area contributed by atoms with E-state index in [9.17, 15) is 9.59 Å². The van der Waals surface area contributed by atoms with Crippen LogP contribution in [0.3, 0.4) is 0 Å². The lowest BCUT2D eigenvalue weighted by molar-refractivity contribution is 0.0659. The molecule has 1 N–H and O–H groups in total. The molecule has 1 amide bonds. The summed E-state index contributed by atoms with van der Waals surface area (Å²) in [6.45, 7) is 3.23. The van der Waals surface area contributed by atoms with Gasteiger partial charge in [0.1, 0.15) is 0 Å². The van der Waals surface area contributed by atoms with E-state index in [2.05, 4.69) is 4.98 Å². The molecule has 0 aliphatic heterocycles. The zero-order valence-electron chi connectivity index (χ0n) is 11.0. The van der Waals surface area contributed by atoms with E-state index in [0.717, 1.165) is 19.4 Å². The maximum absolute atomic E-state index is 12.4. The van der Waals surface area contributed by atoms with Crippen molar-refractivity contribution in [3.05, 3.63) is 29.6 Å². The zero-order chi connectivity index (χ0) is 13.8. The number of carbonyl (C=O) groups is 2. The Labute approximate surface area is 112 Å². The fraction of sp³-hybridized carbons (Fsp3) is 0.500. The molecular weight excluding hydrogens is 244 g/mol. The summed E-state index contributed by atoms with van der Waals surface area (Å²) < 4.78 is 0. The average molecular weight is 262 g/mol. The van der Waals surface area contributed by atoms with Crippen LogP contribution in [0.2, 0.25) is 0 Å². The summed E-state index contributed by atoms with van der Waals surface area (Å²) in [5.41, 5.74) is 0.197. The van der Waals surface area contributed by atoms with E-state index in [1.54, 1.807) is 4.90 Å². The van der Waals surface area contributed by atoms with Crippen LogP contribution in [-0.4, -0.2) is 40.0 Å². The molecule has 5 heteroatoms. The van der Waals surface area contributed by atoms with Gasteiger partial charge in [-0.2, -0.15) is 0 Å². The van der Waals surface area contributed by atoms with Gasteiger partial charge in [0, 0.05) is 25.5 Å². The van der Waals surface area contributed by atoms with Gasteiger partial charge in [-0.1, -0.05) is 6.42 Å². The summed E-state index contributed by atoms with van der Waals surface area (Å²) in [5.74, 6) is -0.760. The smallest absolute Gasteiger partial charge is 0.338 e. The monoisotopic (exact) mass is 262 g/mol. The van der Waals surface area contributed by atoms with Gasteiger partial charge >= 0.3 is 5.97 Å². The van der Waals surface area contributed by atoms with E-state index in [1.165, 1.54) is 24.9 Å². The predicted octanol–water partition coefficient (Wildman–Crippen LogP) is 2.04. The lowest BCUT2D eigenvalue weighted by Gasteiger charge is -2.32. The van der Waals surface area contributed by atoms with Crippen molar-refractivity contribution in [1.82, 2.24) is 9.88 Å². The second kappa shape index (κ2) is 5.82. The van der Waals surface area contributed by atoms with Crippen LogP contribution < -0.4 is 0 Å². The van der Waals surface area contributed by atoms with E-state index in [1.807, 2.05) is 6.92 Å². The molecule has 0 bridgehead atoms. The number of carbonyl (C=O) groups excluding carboxylic acids is 1. The summed E-state index contributed by atoms with van der Waals surface area (Å²) in [5, 5.41) is 9.10. The van der Waals surface area contributed by atoms with Crippen LogP contribution in [0.1, 0.15) is 46.9 Å². The largest absolute Gasteiger partial charge is 0.478 e. The third-order valence-corrected chi connectivity index (χ3v) is 3.65. The molecule has 0 radical (unpaired) electrons. The molecule has 1 aromatic rings. The Morgan fingerprint density at radius 1 is 1.42 bits per heavy atom. The normalized spacial score (nSPS) is 14.8. The van der Waals surface area contributed by atoms with E-state index in [4.69, 9.17) is 5.11 Å². The summed E-state index contributed by atoms with van der Waals surface area (Å²) >= 11 is 0. The van der Waals surface area contributed by atoms with Gasteiger partial charge in [0.25, 0.3) is 5.91 Å². The highest BCUT2D eigenvalue weighted by atomic mass is 16.4. The maximum Gasteiger partial charge on any atom is 0.338 e. The third-order valence-electron chi connectivity index (χ3n) is 3.65. The zero-order valence-corrected chi connectivity index (χ0v) is 11.0. The van der Waals surface area contributed by atoms with Crippen molar-refractivity contribution in [2.24, 2.45) is 5.92 Å². The van der Waals surface area contributed by atoms with Crippen LogP contribution in [-0.2, 0) is 0 Å². The number of rotatable bonds is 5. The quantitative estimate of drug-likeness (QED) is 0.881. The highest BCUT2D eigenvalue weighted by Gasteiger charge is 2.25. The van der Waals surface area contributed by atoms with Gasteiger partial charge in [0.15, 0.2) is 0 Å². The fourth-order valence-corrected chi connectivity index (χ4v) is 2.26.